The second-order valence-corrected chi connectivity index (χ2v) is 6.55. The fourth-order valence-corrected chi connectivity index (χ4v) is 3.48. The van der Waals surface area contributed by atoms with Gasteiger partial charge in [0.25, 0.3) is 0 Å². The van der Waals surface area contributed by atoms with Crippen LogP contribution in [0.2, 0.25) is 0 Å². The summed E-state index contributed by atoms with van der Waals surface area (Å²) in [4.78, 5) is 0. The predicted octanol–water partition coefficient (Wildman–Crippen LogP) is 2.76. The van der Waals surface area contributed by atoms with Gasteiger partial charge >= 0.3 is 0 Å². The molecule has 2 aromatic carbocycles. The van der Waals surface area contributed by atoms with Crippen molar-refractivity contribution < 1.29 is 33.9 Å². The van der Waals surface area contributed by atoms with Crippen LogP contribution in [0.25, 0.3) is 0 Å². The van der Waals surface area contributed by atoms with Crippen LogP contribution < -0.4 is 23.7 Å². The zero-order valence-corrected chi connectivity index (χ0v) is 14.7. The molecule has 0 saturated carbocycles. The van der Waals surface area contributed by atoms with E-state index in [-0.39, 0.29) is 18.5 Å². The largest absolute Gasteiger partial charge is 0.502 e. The molecule has 0 radical (unpaired) electrons. The molecular formula is C19H20O7. The van der Waals surface area contributed by atoms with Gasteiger partial charge in [0, 0.05) is 30.9 Å². The van der Waals surface area contributed by atoms with Crippen LogP contribution in [0.1, 0.15) is 30.4 Å². The Balaban J connectivity index is 1.87. The minimum absolute atomic E-state index is 0.0662. The third-order valence-corrected chi connectivity index (χ3v) is 4.70. The van der Waals surface area contributed by atoms with E-state index >= 15 is 0 Å². The van der Waals surface area contributed by atoms with Gasteiger partial charge in [0.15, 0.2) is 23.0 Å². The molecule has 2 aliphatic heterocycles. The maximum Gasteiger partial charge on any atom is 0.231 e. The number of aliphatic hydroxyl groups is 1. The third kappa shape index (κ3) is 2.64. The van der Waals surface area contributed by atoms with Crippen LogP contribution in [0.15, 0.2) is 24.3 Å². The van der Waals surface area contributed by atoms with Crippen molar-refractivity contribution in [3.05, 3.63) is 35.4 Å². The van der Waals surface area contributed by atoms with E-state index in [1.54, 1.807) is 25.1 Å². The van der Waals surface area contributed by atoms with Gasteiger partial charge in [0.05, 0.1) is 14.2 Å². The van der Waals surface area contributed by atoms with Crippen molar-refractivity contribution in [2.24, 2.45) is 0 Å². The number of ether oxygens (including phenoxy) is 5. The molecule has 0 saturated heterocycles. The first-order valence-electron chi connectivity index (χ1n) is 8.21. The van der Waals surface area contributed by atoms with Crippen LogP contribution in [-0.2, 0) is 0 Å². The highest BCUT2D eigenvalue weighted by Gasteiger charge is 2.38. The number of phenols is 1. The molecule has 2 aromatic rings. The molecule has 0 bridgehead atoms. The fourth-order valence-electron chi connectivity index (χ4n) is 3.48. The van der Waals surface area contributed by atoms with Crippen LogP contribution in [-0.4, -0.2) is 37.0 Å². The molecule has 2 N–H and O–H groups in total. The van der Waals surface area contributed by atoms with Crippen molar-refractivity contribution in [2.75, 3.05) is 21.0 Å². The number of benzene rings is 2. The summed E-state index contributed by atoms with van der Waals surface area (Å²) in [5.74, 6) is 0.707. The number of hydrogen-bond acceptors (Lipinski definition) is 7. The van der Waals surface area contributed by atoms with Crippen molar-refractivity contribution in [1.82, 2.24) is 0 Å². The Bertz CT molecular complexity index is 834. The average Bonchev–Trinajstić information content (AvgIpc) is 3.06. The Morgan fingerprint density at radius 3 is 2.23 bits per heavy atom. The van der Waals surface area contributed by atoms with Gasteiger partial charge in [-0.1, -0.05) is 0 Å². The summed E-state index contributed by atoms with van der Waals surface area (Å²) >= 11 is 0. The Morgan fingerprint density at radius 1 is 1.00 bits per heavy atom. The van der Waals surface area contributed by atoms with Crippen molar-refractivity contribution in [3.63, 3.8) is 0 Å². The van der Waals surface area contributed by atoms with E-state index in [1.165, 1.54) is 14.2 Å². The van der Waals surface area contributed by atoms with Crippen molar-refractivity contribution in [1.29, 1.82) is 0 Å². The molecule has 0 fully saturated rings. The highest BCUT2D eigenvalue weighted by molar-refractivity contribution is 5.59. The molecule has 138 valence electrons. The van der Waals surface area contributed by atoms with Crippen LogP contribution in [0.4, 0.5) is 0 Å². The van der Waals surface area contributed by atoms with Gasteiger partial charge in [-0.15, -0.1) is 0 Å². The second-order valence-electron chi connectivity index (χ2n) is 6.55. The van der Waals surface area contributed by atoms with Crippen molar-refractivity contribution in [2.45, 2.75) is 25.0 Å². The van der Waals surface area contributed by atoms with Crippen LogP contribution >= 0.6 is 0 Å². The molecule has 0 aliphatic carbocycles. The van der Waals surface area contributed by atoms with E-state index < -0.39 is 5.79 Å². The van der Waals surface area contributed by atoms with Gasteiger partial charge in [-0.2, -0.15) is 0 Å². The number of hydrogen-bond donors (Lipinski definition) is 2. The first-order chi connectivity index (χ1) is 12.4. The average molecular weight is 360 g/mol. The SMILES string of the molecule is COc1cc([C@@H]2C[C@](C)(O)Oc3cc4c(cc32)OCO4)cc(OC)c1O. The molecule has 26 heavy (non-hydrogen) atoms. The zero-order chi connectivity index (χ0) is 18.5. The number of rotatable bonds is 3. The summed E-state index contributed by atoms with van der Waals surface area (Å²) in [7, 11) is 2.95. The van der Waals surface area contributed by atoms with E-state index in [1.807, 2.05) is 6.07 Å². The maximum atomic E-state index is 10.6. The Morgan fingerprint density at radius 2 is 1.62 bits per heavy atom. The first kappa shape index (κ1) is 16.7. The lowest BCUT2D eigenvalue weighted by molar-refractivity contribution is -0.137. The van der Waals surface area contributed by atoms with Crippen molar-refractivity contribution >= 4 is 0 Å². The van der Waals surface area contributed by atoms with Gasteiger partial charge in [0.1, 0.15) is 5.75 Å². The topological polar surface area (TPSA) is 86.6 Å². The standard InChI is InChI=1S/C19H20O7/c1-19(21)8-12(10-4-16(22-2)18(20)17(5-10)23-3)11-6-14-15(25-9-24-14)7-13(11)26-19/h4-7,12,20-21H,8-9H2,1-3H3/t12-,19+/m0/s1. The number of aromatic hydroxyl groups is 1. The van der Waals surface area contributed by atoms with Crippen LogP contribution in [0, 0.1) is 0 Å². The molecule has 2 aliphatic rings. The summed E-state index contributed by atoms with van der Waals surface area (Å²) in [6.45, 7) is 1.77. The summed E-state index contributed by atoms with van der Waals surface area (Å²) in [6.07, 6.45) is 0.316. The predicted molar refractivity (Wildman–Crippen MR) is 91.5 cm³/mol. The first-order valence-corrected chi connectivity index (χ1v) is 8.21. The molecule has 4 rings (SSSR count). The minimum atomic E-state index is -1.36. The monoisotopic (exact) mass is 360 g/mol. The van der Waals surface area contributed by atoms with Crippen molar-refractivity contribution in [3.8, 4) is 34.5 Å². The summed E-state index contributed by atoms with van der Waals surface area (Å²) in [6, 6.07) is 7.06. The number of fused-ring (bicyclic) bond motifs is 2. The lowest BCUT2D eigenvalue weighted by atomic mass is 9.83. The summed E-state index contributed by atoms with van der Waals surface area (Å²) in [5.41, 5.74) is 1.68. The van der Waals surface area contributed by atoms with E-state index in [9.17, 15) is 10.2 Å². The van der Waals surface area contributed by atoms with E-state index in [2.05, 4.69) is 0 Å². The normalized spacial score (nSPS) is 23.2. The molecule has 7 heteroatoms. The smallest absolute Gasteiger partial charge is 0.231 e. The maximum absolute atomic E-state index is 10.6. The molecule has 0 unspecified atom stereocenters. The molecule has 0 amide bonds. The summed E-state index contributed by atoms with van der Waals surface area (Å²) in [5, 5.41) is 20.8. The van der Waals surface area contributed by atoms with E-state index in [4.69, 9.17) is 23.7 Å². The number of phenolic OH excluding ortho intramolecular Hbond substituents is 1. The third-order valence-electron chi connectivity index (χ3n) is 4.70. The molecule has 0 spiro atoms. The van der Waals surface area contributed by atoms with Gasteiger partial charge in [-0.05, 0) is 23.8 Å². The lowest BCUT2D eigenvalue weighted by Crippen LogP contribution is -2.38. The molecular weight excluding hydrogens is 340 g/mol. The van der Waals surface area contributed by atoms with E-state index in [0.717, 1.165) is 11.1 Å². The highest BCUT2D eigenvalue weighted by Crippen LogP contribution is 2.50. The molecule has 2 atom stereocenters. The number of methoxy groups -OCH3 is 2. The zero-order valence-electron chi connectivity index (χ0n) is 14.7. The van der Waals surface area contributed by atoms with Gasteiger partial charge < -0.3 is 33.9 Å². The van der Waals surface area contributed by atoms with Gasteiger partial charge in [-0.3, -0.25) is 0 Å². The molecule has 7 nitrogen and oxygen atoms in total. The molecule has 0 aromatic heterocycles. The minimum Gasteiger partial charge on any atom is -0.502 e. The quantitative estimate of drug-likeness (QED) is 0.870. The van der Waals surface area contributed by atoms with Crippen LogP contribution in [0.3, 0.4) is 0 Å². The van der Waals surface area contributed by atoms with E-state index in [0.29, 0.717) is 35.2 Å². The Labute approximate surface area is 150 Å². The van der Waals surface area contributed by atoms with Crippen LogP contribution in [0.5, 0.6) is 34.5 Å². The Kier molecular flexibility index (Phi) is 3.77. The highest BCUT2D eigenvalue weighted by atomic mass is 16.7. The second kappa shape index (κ2) is 5.88. The lowest BCUT2D eigenvalue weighted by Gasteiger charge is -2.36. The summed E-state index contributed by atoms with van der Waals surface area (Å²) < 4.78 is 27.2. The van der Waals surface area contributed by atoms with Gasteiger partial charge in [-0.25, -0.2) is 0 Å². The molecule has 2 heterocycles. The van der Waals surface area contributed by atoms with Gasteiger partial charge in [0.2, 0.25) is 18.3 Å². The fraction of sp³-hybridized carbons (Fsp3) is 0.368. The Hall–Kier alpha value is -2.80.